The normalized spacial score (nSPS) is 11.8. The Labute approximate surface area is 118 Å². The van der Waals surface area contributed by atoms with Crippen LogP contribution in [0.2, 0.25) is 0 Å². The van der Waals surface area contributed by atoms with Gasteiger partial charge in [-0.3, -0.25) is 0 Å². The molecule has 0 aliphatic carbocycles. The molecule has 0 spiro atoms. The third-order valence-corrected chi connectivity index (χ3v) is 3.48. The van der Waals surface area contributed by atoms with Crippen molar-refractivity contribution in [3.63, 3.8) is 0 Å². The fraction of sp³-hybridized carbons (Fsp3) is 0.400. The second-order valence-corrected chi connectivity index (χ2v) is 6.30. The first-order valence-electron chi connectivity index (χ1n) is 6.32. The van der Waals surface area contributed by atoms with Gasteiger partial charge >= 0.3 is 0 Å². The van der Waals surface area contributed by atoms with E-state index < -0.39 is 0 Å². The molecule has 102 valence electrons. The van der Waals surface area contributed by atoms with E-state index in [9.17, 15) is 0 Å². The first-order valence-corrected chi connectivity index (χ1v) is 7.55. The van der Waals surface area contributed by atoms with Crippen molar-refractivity contribution in [2.24, 2.45) is 0 Å². The number of thioether (sulfide) groups is 1. The minimum Gasteiger partial charge on any atom is -0.444 e. The highest BCUT2D eigenvalue weighted by atomic mass is 32.2. The lowest BCUT2D eigenvalue weighted by molar-refractivity contribution is 0.421. The largest absolute Gasteiger partial charge is 0.444 e. The van der Waals surface area contributed by atoms with Gasteiger partial charge in [-0.1, -0.05) is 12.1 Å². The summed E-state index contributed by atoms with van der Waals surface area (Å²) in [6.45, 7) is 7.12. The second-order valence-electron chi connectivity index (χ2n) is 5.45. The zero-order valence-corrected chi connectivity index (χ0v) is 12.7. The van der Waals surface area contributed by atoms with Gasteiger partial charge in [0, 0.05) is 17.0 Å². The molecule has 1 N–H and O–H groups in total. The molecule has 4 heteroatoms. The van der Waals surface area contributed by atoms with Crippen molar-refractivity contribution >= 4 is 11.8 Å². The van der Waals surface area contributed by atoms with Crippen LogP contribution in [0.1, 0.15) is 26.5 Å². The van der Waals surface area contributed by atoms with Crippen molar-refractivity contribution in [1.29, 1.82) is 0 Å². The molecule has 0 radical (unpaired) electrons. The van der Waals surface area contributed by atoms with E-state index >= 15 is 0 Å². The summed E-state index contributed by atoms with van der Waals surface area (Å²) in [4.78, 5) is 5.73. The number of rotatable bonds is 4. The fourth-order valence-electron chi connectivity index (χ4n) is 1.69. The number of oxazole rings is 1. The second kappa shape index (κ2) is 5.80. The van der Waals surface area contributed by atoms with E-state index in [0.717, 1.165) is 11.3 Å². The number of nitrogens with zero attached hydrogens (tertiary/aromatic N) is 1. The quantitative estimate of drug-likeness (QED) is 0.858. The monoisotopic (exact) mass is 276 g/mol. The van der Waals surface area contributed by atoms with E-state index in [1.807, 2.05) is 18.2 Å². The molecule has 1 heterocycles. The van der Waals surface area contributed by atoms with Crippen molar-refractivity contribution in [3.8, 4) is 11.5 Å². The maximum Gasteiger partial charge on any atom is 0.227 e. The van der Waals surface area contributed by atoms with Gasteiger partial charge in [0.25, 0.3) is 0 Å². The molecule has 0 unspecified atom stereocenters. The molecule has 1 aromatic carbocycles. The predicted molar refractivity (Wildman–Crippen MR) is 80.3 cm³/mol. The Hall–Kier alpha value is -1.26. The lowest BCUT2D eigenvalue weighted by Crippen LogP contribution is -2.35. The fourth-order valence-corrected chi connectivity index (χ4v) is 2.28. The van der Waals surface area contributed by atoms with Gasteiger partial charge in [0.2, 0.25) is 5.89 Å². The van der Waals surface area contributed by atoms with Crippen molar-refractivity contribution < 1.29 is 4.42 Å². The minimum atomic E-state index is 0.0797. The van der Waals surface area contributed by atoms with Crippen molar-refractivity contribution in [2.75, 3.05) is 6.26 Å². The zero-order chi connectivity index (χ0) is 13.9. The molecule has 0 amide bonds. The summed E-state index contributed by atoms with van der Waals surface area (Å²) >= 11 is 1.70. The number of aromatic nitrogens is 1. The number of hydrogen-bond donors (Lipinski definition) is 1. The van der Waals surface area contributed by atoms with Crippen LogP contribution in [0.5, 0.6) is 0 Å². The first-order chi connectivity index (χ1) is 8.99. The Morgan fingerprint density at radius 3 is 2.68 bits per heavy atom. The highest BCUT2D eigenvalue weighted by molar-refractivity contribution is 7.98. The van der Waals surface area contributed by atoms with E-state index in [4.69, 9.17) is 4.42 Å². The smallest absolute Gasteiger partial charge is 0.227 e. The summed E-state index contributed by atoms with van der Waals surface area (Å²) in [6, 6.07) is 8.16. The van der Waals surface area contributed by atoms with Gasteiger partial charge in [0.05, 0.1) is 11.3 Å². The van der Waals surface area contributed by atoms with Crippen molar-refractivity contribution in [1.82, 2.24) is 10.3 Å². The van der Waals surface area contributed by atoms with Crippen LogP contribution in [0.25, 0.3) is 11.5 Å². The van der Waals surface area contributed by atoms with Gasteiger partial charge < -0.3 is 9.73 Å². The van der Waals surface area contributed by atoms with Crippen LogP contribution in [0, 0.1) is 0 Å². The highest BCUT2D eigenvalue weighted by Crippen LogP contribution is 2.29. The van der Waals surface area contributed by atoms with Crippen molar-refractivity contribution in [3.05, 3.63) is 36.2 Å². The average molecular weight is 276 g/mol. The molecule has 0 saturated heterocycles. The van der Waals surface area contributed by atoms with Gasteiger partial charge in [-0.05, 0) is 39.2 Å². The molecular formula is C15H20N2OS. The topological polar surface area (TPSA) is 38.1 Å². The van der Waals surface area contributed by atoms with Crippen LogP contribution in [0.4, 0.5) is 0 Å². The molecule has 2 aromatic rings. The van der Waals surface area contributed by atoms with Crippen molar-refractivity contribution in [2.45, 2.75) is 37.8 Å². The molecule has 19 heavy (non-hydrogen) atoms. The molecule has 0 bridgehead atoms. The Morgan fingerprint density at radius 2 is 2.00 bits per heavy atom. The van der Waals surface area contributed by atoms with Gasteiger partial charge in [-0.2, -0.15) is 0 Å². The highest BCUT2D eigenvalue weighted by Gasteiger charge is 2.13. The summed E-state index contributed by atoms with van der Waals surface area (Å²) in [6.07, 6.45) is 3.79. The van der Waals surface area contributed by atoms with Gasteiger partial charge in [0.15, 0.2) is 0 Å². The van der Waals surface area contributed by atoms with Crippen LogP contribution in [-0.2, 0) is 6.54 Å². The Morgan fingerprint density at radius 1 is 1.26 bits per heavy atom. The van der Waals surface area contributed by atoms with Crippen LogP contribution < -0.4 is 5.32 Å². The SMILES string of the molecule is CSc1ccccc1-c1nc(CNC(C)(C)C)co1. The number of hydrogen-bond acceptors (Lipinski definition) is 4. The van der Waals surface area contributed by atoms with Gasteiger partial charge in [-0.25, -0.2) is 4.98 Å². The standard InChI is InChI=1S/C15H20N2OS/c1-15(2,3)16-9-11-10-18-14(17-11)12-7-5-6-8-13(12)19-4/h5-8,10,16H,9H2,1-4H3. The third-order valence-electron chi connectivity index (χ3n) is 2.69. The molecule has 2 rings (SSSR count). The molecule has 0 saturated carbocycles. The molecule has 0 fully saturated rings. The molecule has 0 atom stereocenters. The zero-order valence-electron chi connectivity index (χ0n) is 11.9. The Kier molecular flexibility index (Phi) is 4.32. The summed E-state index contributed by atoms with van der Waals surface area (Å²) < 4.78 is 5.59. The van der Waals surface area contributed by atoms with E-state index in [2.05, 4.69) is 43.4 Å². The molecule has 1 aromatic heterocycles. The predicted octanol–water partition coefficient (Wildman–Crippen LogP) is 3.95. The van der Waals surface area contributed by atoms with E-state index in [-0.39, 0.29) is 5.54 Å². The summed E-state index contributed by atoms with van der Waals surface area (Å²) in [5.41, 5.74) is 2.06. The van der Waals surface area contributed by atoms with Gasteiger partial charge in [0.1, 0.15) is 6.26 Å². The van der Waals surface area contributed by atoms with Crippen LogP contribution in [-0.4, -0.2) is 16.8 Å². The number of nitrogens with one attached hydrogen (secondary N) is 1. The van der Waals surface area contributed by atoms with Gasteiger partial charge in [-0.15, -0.1) is 11.8 Å². The average Bonchev–Trinajstić information content (AvgIpc) is 2.84. The summed E-state index contributed by atoms with van der Waals surface area (Å²) in [7, 11) is 0. The lowest BCUT2D eigenvalue weighted by Gasteiger charge is -2.19. The number of benzene rings is 1. The maximum atomic E-state index is 5.59. The molecule has 0 aliphatic rings. The third kappa shape index (κ3) is 3.85. The molecule has 0 aliphatic heterocycles. The maximum absolute atomic E-state index is 5.59. The van der Waals surface area contributed by atoms with E-state index in [0.29, 0.717) is 12.4 Å². The Balaban J connectivity index is 2.17. The molecular weight excluding hydrogens is 256 g/mol. The van der Waals surface area contributed by atoms with Crippen LogP contribution in [0.15, 0.2) is 39.8 Å². The molecule has 3 nitrogen and oxygen atoms in total. The summed E-state index contributed by atoms with van der Waals surface area (Å²) in [5.74, 6) is 0.690. The first kappa shape index (κ1) is 14.2. The summed E-state index contributed by atoms with van der Waals surface area (Å²) in [5, 5.41) is 3.40. The lowest BCUT2D eigenvalue weighted by atomic mass is 10.1. The van der Waals surface area contributed by atoms with E-state index in [1.54, 1.807) is 18.0 Å². The minimum absolute atomic E-state index is 0.0797. The Bertz CT molecular complexity index is 543. The van der Waals surface area contributed by atoms with Crippen LogP contribution >= 0.6 is 11.8 Å². The van der Waals surface area contributed by atoms with Crippen LogP contribution in [0.3, 0.4) is 0 Å². The van der Waals surface area contributed by atoms with E-state index in [1.165, 1.54) is 4.90 Å².